The number of fused-ring (bicyclic) bond motifs is 1. The van der Waals surface area contributed by atoms with Crippen molar-refractivity contribution in [1.29, 1.82) is 5.26 Å². The van der Waals surface area contributed by atoms with Gasteiger partial charge in [-0.2, -0.15) is 14.6 Å². The molecule has 39 heavy (non-hydrogen) atoms. The quantitative estimate of drug-likeness (QED) is 0.319. The predicted octanol–water partition coefficient (Wildman–Crippen LogP) is 3.94. The van der Waals surface area contributed by atoms with Crippen molar-refractivity contribution in [2.75, 3.05) is 24.1 Å². The number of halogens is 1. The van der Waals surface area contributed by atoms with Crippen LogP contribution < -0.4 is 11.1 Å². The molecule has 0 amide bonds. The van der Waals surface area contributed by atoms with Crippen LogP contribution in [0.1, 0.15) is 24.2 Å². The van der Waals surface area contributed by atoms with E-state index in [4.69, 9.17) is 16.0 Å². The Morgan fingerprint density at radius 3 is 2.56 bits per heavy atom. The fourth-order valence-corrected chi connectivity index (χ4v) is 4.91. The number of benzene rings is 1. The highest BCUT2D eigenvalue weighted by Gasteiger charge is 2.21. The number of nitrogens with two attached hydrogens (primary N) is 1. The van der Waals surface area contributed by atoms with E-state index in [9.17, 15) is 4.39 Å². The Labute approximate surface area is 224 Å². The molecule has 3 N–H and O–H groups in total. The molecule has 1 aromatic carbocycles. The van der Waals surface area contributed by atoms with Crippen LogP contribution >= 0.6 is 0 Å². The first kappa shape index (κ1) is 24.4. The maximum absolute atomic E-state index is 14.1. The molecular weight excluding hydrogens is 495 g/mol. The van der Waals surface area contributed by atoms with Crippen LogP contribution in [0.4, 0.5) is 16.0 Å². The van der Waals surface area contributed by atoms with E-state index in [1.807, 2.05) is 28.8 Å². The van der Waals surface area contributed by atoms with E-state index in [1.165, 1.54) is 11.6 Å². The third-order valence-electron chi connectivity index (χ3n) is 6.85. The molecule has 0 bridgehead atoms. The van der Waals surface area contributed by atoms with Gasteiger partial charge in [-0.05, 0) is 60.9 Å². The van der Waals surface area contributed by atoms with E-state index >= 15 is 0 Å². The zero-order valence-corrected chi connectivity index (χ0v) is 21.0. The van der Waals surface area contributed by atoms with Gasteiger partial charge in [-0.15, -0.1) is 0 Å². The molecule has 0 saturated carbocycles. The van der Waals surface area contributed by atoms with Crippen molar-refractivity contribution in [3.05, 3.63) is 84.3 Å². The van der Waals surface area contributed by atoms with Crippen LogP contribution in [-0.4, -0.2) is 53.5 Å². The van der Waals surface area contributed by atoms with Crippen molar-refractivity contribution in [2.45, 2.75) is 25.4 Å². The molecule has 1 aliphatic rings. The third-order valence-corrected chi connectivity index (χ3v) is 6.85. The Morgan fingerprint density at radius 2 is 1.79 bits per heavy atom. The molecule has 10 nitrogen and oxygen atoms in total. The van der Waals surface area contributed by atoms with Crippen LogP contribution in [-0.2, 0) is 6.54 Å². The Kier molecular flexibility index (Phi) is 6.52. The van der Waals surface area contributed by atoms with Gasteiger partial charge in [0, 0.05) is 43.8 Å². The first-order chi connectivity index (χ1) is 19.1. The van der Waals surface area contributed by atoms with Crippen molar-refractivity contribution >= 4 is 22.8 Å². The smallest absolute Gasteiger partial charge is 0.234 e. The van der Waals surface area contributed by atoms with Gasteiger partial charge in [-0.1, -0.05) is 12.1 Å². The maximum Gasteiger partial charge on any atom is 0.234 e. The summed E-state index contributed by atoms with van der Waals surface area (Å²) in [5, 5.41) is 12.4. The zero-order valence-electron chi connectivity index (χ0n) is 21.0. The fraction of sp³-hybridized carbons (Fsp3) is 0.214. The van der Waals surface area contributed by atoms with Crippen LogP contribution in [0.25, 0.3) is 28.2 Å². The van der Waals surface area contributed by atoms with E-state index in [-0.39, 0.29) is 5.82 Å². The monoisotopic (exact) mass is 520 g/mol. The van der Waals surface area contributed by atoms with Gasteiger partial charge in [0.2, 0.25) is 11.8 Å². The van der Waals surface area contributed by atoms with E-state index in [1.54, 1.807) is 30.6 Å². The maximum atomic E-state index is 14.1. The molecule has 0 aliphatic carbocycles. The summed E-state index contributed by atoms with van der Waals surface area (Å²) in [6.07, 6.45) is 5.16. The van der Waals surface area contributed by atoms with Crippen LogP contribution in [0.3, 0.4) is 0 Å². The Morgan fingerprint density at radius 1 is 0.974 bits per heavy atom. The zero-order chi connectivity index (χ0) is 26.8. The molecule has 11 heteroatoms. The number of nitrogen functional groups attached to an aromatic ring is 1. The van der Waals surface area contributed by atoms with Gasteiger partial charge < -0.3 is 11.1 Å². The third kappa shape index (κ3) is 5.10. The fourth-order valence-electron chi connectivity index (χ4n) is 4.91. The summed E-state index contributed by atoms with van der Waals surface area (Å²) in [7, 11) is 0. The molecule has 5 heterocycles. The molecule has 194 valence electrons. The van der Waals surface area contributed by atoms with Crippen LogP contribution in [0.5, 0.6) is 0 Å². The normalized spacial score (nSPS) is 14.4. The van der Waals surface area contributed by atoms with Gasteiger partial charge in [0.1, 0.15) is 23.2 Å². The van der Waals surface area contributed by atoms with Crippen molar-refractivity contribution in [1.82, 2.24) is 34.4 Å². The average Bonchev–Trinajstić information content (AvgIpc) is 3.33. The Bertz CT molecular complexity index is 1670. The molecule has 4 aromatic heterocycles. The van der Waals surface area contributed by atoms with Gasteiger partial charge in [-0.3, -0.25) is 9.47 Å². The number of pyridine rings is 2. The molecule has 0 radical (unpaired) electrons. The van der Waals surface area contributed by atoms with Gasteiger partial charge >= 0.3 is 0 Å². The number of hydrogen-bond acceptors (Lipinski definition) is 9. The summed E-state index contributed by atoms with van der Waals surface area (Å²) < 4.78 is 15.9. The Balaban J connectivity index is 1.18. The summed E-state index contributed by atoms with van der Waals surface area (Å²) in [5.74, 6) is 1.18. The van der Waals surface area contributed by atoms with Crippen molar-refractivity contribution in [3.63, 3.8) is 0 Å². The number of rotatable bonds is 6. The van der Waals surface area contributed by atoms with Gasteiger partial charge in [0.05, 0.1) is 5.56 Å². The molecule has 5 aromatic rings. The molecule has 0 atom stereocenters. The summed E-state index contributed by atoms with van der Waals surface area (Å²) in [5.41, 5.74) is 9.78. The number of hydrogen-bond donors (Lipinski definition) is 2. The summed E-state index contributed by atoms with van der Waals surface area (Å²) in [4.78, 5) is 23.6. The molecule has 0 unspecified atom stereocenters. The van der Waals surface area contributed by atoms with E-state index in [2.05, 4.69) is 42.3 Å². The minimum atomic E-state index is -0.575. The number of imidazole rings is 1. The SMILES string of the molecule is N#Cc1nccc(NC2CCN(Cc3ccc(-n4c(-c5cccnc5N)nc5ccc(F)nc54)cc3)CC2)n1. The largest absolute Gasteiger partial charge is 0.383 e. The number of anilines is 2. The van der Waals surface area contributed by atoms with E-state index in [0.717, 1.165) is 38.2 Å². The number of aromatic nitrogens is 6. The summed E-state index contributed by atoms with van der Waals surface area (Å²) >= 11 is 0. The van der Waals surface area contributed by atoms with E-state index < -0.39 is 5.95 Å². The van der Waals surface area contributed by atoms with Crippen LogP contribution in [0, 0.1) is 17.3 Å². The number of nitrogens with zero attached hydrogens (tertiary/aromatic N) is 8. The highest BCUT2D eigenvalue weighted by atomic mass is 19.1. The van der Waals surface area contributed by atoms with Crippen molar-refractivity contribution in [2.24, 2.45) is 0 Å². The number of piperidine rings is 1. The minimum absolute atomic E-state index is 0.168. The number of nitriles is 1. The molecule has 1 fully saturated rings. The average molecular weight is 521 g/mol. The summed E-state index contributed by atoms with van der Waals surface area (Å²) in [6.45, 7) is 2.70. The molecule has 6 rings (SSSR count). The molecule has 1 saturated heterocycles. The van der Waals surface area contributed by atoms with E-state index in [0.29, 0.717) is 40.2 Å². The van der Waals surface area contributed by atoms with Crippen molar-refractivity contribution in [3.8, 4) is 23.1 Å². The predicted molar refractivity (Wildman–Crippen MR) is 145 cm³/mol. The summed E-state index contributed by atoms with van der Waals surface area (Å²) in [6, 6.07) is 18.8. The van der Waals surface area contributed by atoms with Crippen molar-refractivity contribution < 1.29 is 4.39 Å². The Hall–Kier alpha value is -4.95. The molecular formula is C28H25FN10. The lowest BCUT2D eigenvalue weighted by Gasteiger charge is -2.32. The lowest BCUT2D eigenvalue weighted by molar-refractivity contribution is 0.211. The number of likely N-dealkylation sites (tertiary alicyclic amines) is 1. The van der Waals surface area contributed by atoms with Crippen LogP contribution in [0.15, 0.2) is 67.0 Å². The van der Waals surface area contributed by atoms with Gasteiger partial charge in [0.25, 0.3) is 0 Å². The second kappa shape index (κ2) is 10.4. The lowest BCUT2D eigenvalue weighted by Crippen LogP contribution is -2.38. The number of nitrogens with one attached hydrogen (secondary N) is 1. The van der Waals surface area contributed by atoms with Crippen LogP contribution in [0.2, 0.25) is 0 Å². The second-order valence-electron chi connectivity index (χ2n) is 9.42. The molecule has 1 aliphatic heterocycles. The first-order valence-corrected chi connectivity index (χ1v) is 12.6. The highest BCUT2D eigenvalue weighted by Crippen LogP contribution is 2.30. The highest BCUT2D eigenvalue weighted by molar-refractivity contribution is 5.82. The standard InChI is InChI=1S/C28H25FN10/c29-23-8-7-22-28(36-23)39(27(35-22)21-2-1-12-33-26(21)31)20-5-3-18(4-6-20)17-38-14-10-19(11-15-38)34-24-9-13-32-25(16-30)37-24/h1-9,12-13,19H,10-11,14-15,17H2,(H2,31,33)(H,32,34,37). The first-order valence-electron chi connectivity index (χ1n) is 12.6. The topological polar surface area (TPSA) is 134 Å². The molecule has 0 spiro atoms. The minimum Gasteiger partial charge on any atom is -0.383 e. The van der Waals surface area contributed by atoms with Gasteiger partial charge in [-0.25, -0.2) is 19.9 Å². The lowest BCUT2D eigenvalue weighted by atomic mass is 10.0. The second-order valence-corrected chi connectivity index (χ2v) is 9.42. The van der Waals surface area contributed by atoms with Gasteiger partial charge in [0.15, 0.2) is 11.5 Å².